The maximum absolute atomic E-state index is 13.5. The van der Waals surface area contributed by atoms with Crippen LogP contribution in [0.2, 0.25) is 0 Å². The number of halogens is 2. The zero-order chi connectivity index (χ0) is 22.4. The first-order valence-corrected chi connectivity index (χ1v) is 11.2. The first kappa shape index (κ1) is 21.8. The van der Waals surface area contributed by atoms with Crippen LogP contribution in [-0.2, 0) is 9.53 Å². The molecule has 2 aromatic carbocycles. The quantitative estimate of drug-likeness (QED) is 0.509. The van der Waals surface area contributed by atoms with Crippen molar-refractivity contribution < 1.29 is 18.7 Å². The normalized spacial score (nSPS) is 20.5. The minimum Gasteiger partial charge on any atom is -0.444 e. The number of β-lactam (4-membered cyclic amide) rings is 1. The van der Waals surface area contributed by atoms with Crippen molar-refractivity contribution in [1.82, 2.24) is 4.90 Å². The molecule has 2 fully saturated rings. The summed E-state index contributed by atoms with van der Waals surface area (Å²) in [5, 5.41) is 0. The smallest absolute Gasteiger partial charge is 0.410 e. The number of nitrogens with zero attached hydrogens (tertiary/aromatic N) is 2. The predicted octanol–water partition coefficient (Wildman–Crippen LogP) is 5.69. The van der Waals surface area contributed by atoms with Crippen molar-refractivity contribution in [3.63, 3.8) is 0 Å². The van der Waals surface area contributed by atoms with Crippen molar-refractivity contribution in [1.29, 1.82) is 0 Å². The summed E-state index contributed by atoms with van der Waals surface area (Å²) in [6.07, 6.45) is 0.775. The van der Waals surface area contributed by atoms with Gasteiger partial charge < -0.3 is 14.5 Å². The Hall–Kier alpha value is -2.41. The molecule has 0 N–H and O–H groups in total. The highest BCUT2D eigenvalue weighted by molar-refractivity contribution is 9.10. The van der Waals surface area contributed by atoms with Gasteiger partial charge in [0, 0.05) is 23.2 Å². The largest absolute Gasteiger partial charge is 0.444 e. The lowest BCUT2D eigenvalue weighted by molar-refractivity contribution is -0.144. The van der Waals surface area contributed by atoms with Gasteiger partial charge in [0.05, 0.1) is 11.5 Å². The average Bonchev–Trinajstić information content (AvgIpc) is 2.72. The van der Waals surface area contributed by atoms with E-state index in [4.69, 9.17) is 4.74 Å². The first-order valence-electron chi connectivity index (χ1n) is 10.4. The molecule has 2 aliphatic heterocycles. The molecule has 2 amide bonds. The van der Waals surface area contributed by atoms with Gasteiger partial charge in [-0.2, -0.15) is 0 Å². The number of anilines is 1. The lowest BCUT2D eigenvalue weighted by atomic mass is 9.62. The zero-order valence-corrected chi connectivity index (χ0v) is 19.5. The first-order chi connectivity index (χ1) is 14.6. The number of piperidine rings is 1. The van der Waals surface area contributed by atoms with Crippen molar-refractivity contribution >= 4 is 33.6 Å². The maximum Gasteiger partial charge on any atom is 0.410 e. The fraction of sp³-hybridized carbons (Fsp3) is 0.417. The van der Waals surface area contributed by atoms with E-state index in [1.54, 1.807) is 21.9 Å². The van der Waals surface area contributed by atoms with Gasteiger partial charge in [-0.1, -0.05) is 28.1 Å². The summed E-state index contributed by atoms with van der Waals surface area (Å²) in [5.74, 6) is -0.312. The van der Waals surface area contributed by atoms with Crippen LogP contribution in [0.4, 0.5) is 14.9 Å². The second kappa shape index (κ2) is 7.93. The summed E-state index contributed by atoms with van der Waals surface area (Å²) in [7, 11) is 0. The fourth-order valence-corrected chi connectivity index (χ4v) is 4.80. The topological polar surface area (TPSA) is 49.9 Å². The van der Waals surface area contributed by atoms with Gasteiger partial charge >= 0.3 is 6.09 Å². The Morgan fingerprint density at radius 2 is 1.65 bits per heavy atom. The molecule has 0 aromatic heterocycles. The standard InChI is InChI=1S/C24H26BrFN2O3/c1-23(2,3)31-22(30)27-14-12-24(13-15-27)20(16-4-6-17(25)7-5-16)28(21(24)29)19-10-8-18(26)9-11-19/h4-11,20H,12-15H2,1-3H3. The number of benzene rings is 2. The van der Waals surface area contributed by atoms with E-state index in [0.717, 1.165) is 10.0 Å². The number of hydrogen-bond donors (Lipinski definition) is 0. The van der Waals surface area contributed by atoms with E-state index in [-0.39, 0.29) is 23.9 Å². The minimum absolute atomic E-state index is 0.0239. The third kappa shape index (κ3) is 4.07. The van der Waals surface area contributed by atoms with Gasteiger partial charge in [0.25, 0.3) is 0 Å². The molecule has 2 saturated heterocycles. The van der Waals surface area contributed by atoms with E-state index < -0.39 is 11.0 Å². The van der Waals surface area contributed by atoms with Crippen molar-refractivity contribution in [3.8, 4) is 0 Å². The Kier molecular flexibility index (Phi) is 5.58. The number of carbonyl (C=O) groups is 2. The Labute approximate surface area is 190 Å². The number of carbonyl (C=O) groups excluding carboxylic acids is 2. The molecule has 1 unspecified atom stereocenters. The monoisotopic (exact) mass is 488 g/mol. The molecule has 1 atom stereocenters. The molecule has 0 bridgehead atoms. The number of ether oxygens (including phenoxy) is 1. The van der Waals surface area contributed by atoms with E-state index in [0.29, 0.717) is 31.6 Å². The summed E-state index contributed by atoms with van der Waals surface area (Å²) in [5.41, 5.74) is 0.566. The van der Waals surface area contributed by atoms with Crippen LogP contribution in [0.5, 0.6) is 0 Å². The van der Waals surface area contributed by atoms with Crippen LogP contribution >= 0.6 is 15.9 Å². The van der Waals surface area contributed by atoms with Crippen LogP contribution in [-0.4, -0.2) is 35.6 Å². The molecule has 2 aliphatic rings. The van der Waals surface area contributed by atoms with Gasteiger partial charge in [0.15, 0.2) is 0 Å². The molecule has 4 rings (SSSR count). The third-order valence-corrected chi connectivity index (χ3v) is 6.55. The van der Waals surface area contributed by atoms with Gasteiger partial charge in [-0.05, 0) is 75.6 Å². The highest BCUT2D eigenvalue weighted by Gasteiger charge is 2.62. The highest BCUT2D eigenvalue weighted by atomic mass is 79.9. The lowest BCUT2D eigenvalue weighted by Crippen LogP contribution is -2.67. The Morgan fingerprint density at radius 3 is 2.19 bits per heavy atom. The van der Waals surface area contributed by atoms with Crippen molar-refractivity contribution in [2.24, 2.45) is 5.41 Å². The molecule has 164 valence electrons. The second-order valence-corrected chi connectivity index (χ2v) is 10.1. The zero-order valence-electron chi connectivity index (χ0n) is 17.9. The van der Waals surface area contributed by atoms with E-state index in [2.05, 4.69) is 15.9 Å². The summed E-state index contributed by atoms with van der Waals surface area (Å²) >= 11 is 3.47. The maximum atomic E-state index is 13.5. The van der Waals surface area contributed by atoms with Crippen LogP contribution in [0.1, 0.15) is 45.2 Å². The van der Waals surface area contributed by atoms with E-state index in [9.17, 15) is 14.0 Å². The van der Waals surface area contributed by atoms with Gasteiger partial charge in [0.1, 0.15) is 11.4 Å². The number of rotatable bonds is 2. The molecule has 0 aliphatic carbocycles. The summed E-state index contributed by atoms with van der Waals surface area (Å²) in [6, 6.07) is 13.8. The SMILES string of the molecule is CC(C)(C)OC(=O)N1CCC2(CC1)C(=O)N(c1ccc(F)cc1)C2c1ccc(Br)cc1. The molecular formula is C24H26BrFN2O3. The van der Waals surface area contributed by atoms with Crippen LogP contribution in [0, 0.1) is 11.2 Å². The van der Waals surface area contributed by atoms with Crippen LogP contribution in [0.15, 0.2) is 53.0 Å². The summed E-state index contributed by atoms with van der Waals surface area (Å²) in [4.78, 5) is 29.4. The summed E-state index contributed by atoms with van der Waals surface area (Å²) < 4.78 is 19.9. The van der Waals surface area contributed by atoms with Crippen LogP contribution in [0.25, 0.3) is 0 Å². The summed E-state index contributed by atoms with van der Waals surface area (Å²) in [6.45, 7) is 6.46. The van der Waals surface area contributed by atoms with E-state index in [1.807, 2.05) is 45.0 Å². The molecule has 2 heterocycles. The van der Waals surface area contributed by atoms with Crippen molar-refractivity contribution in [2.75, 3.05) is 18.0 Å². The van der Waals surface area contributed by atoms with Crippen LogP contribution in [0.3, 0.4) is 0 Å². The third-order valence-electron chi connectivity index (χ3n) is 6.02. The van der Waals surface area contributed by atoms with E-state index in [1.165, 1.54) is 12.1 Å². The molecular weight excluding hydrogens is 463 g/mol. The van der Waals surface area contributed by atoms with E-state index >= 15 is 0 Å². The number of likely N-dealkylation sites (tertiary alicyclic amines) is 1. The van der Waals surface area contributed by atoms with Gasteiger partial charge in [-0.15, -0.1) is 0 Å². The van der Waals surface area contributed by atoms with Gasteiger partial charge in [-0.25, -0.2) is 9.18 Å². The number of hydrogen-bond acceptors (Lipinski definition) is 3. The average molecular weight is 489 g/mol. The van der Waals surface area contributed by atoms with Gasteiger partial charge in [0.2, 0.25) is 5.91 Å². The van der Waals surface area contributed by atoms with Crippen molar-refractivity contribution in [2.45, 2.75) is 45.3 Å². The van der Waals surface area contributed by atoms with Gasteiger partial charge in [-0.3, -0.25) is 4.79 Å². The predicted molar refractivity (Wildman–Crippen MR) is 120 cm³/mol. The molecule has 2 aromatic rings. The molecule has 1 spiro atoms. The highest BCUT2D eigenvalue weighted by Crippen LogP contribution is 2.57. The minimum atomic E-state index is -0.583. The fourth-order valence-electron chi connectivity index (χ4n) is 4.54. The lowest BCUT2D eigenvalue weighted by Gasteiger charge is -2.58. The molecule has 7 heteroatoms. The number of amides is 2. The molecule has 31 heavy (non-hydrogen) atoms. The second-order valence-electron chi connectivity index (χ2n) is 9.23. The van der Waals surface area contributed by atoms with Crippen LogP contribution < -0.4 is 4.90 Å². The Balaban J connectivity index is 1.61. The molecule has 0 radical (unpaired) electrons. The molecule has 5 nitrogen and oxygen atoms in total. The molecule has 0 saturated carbocycles. The Bertz CT molecular complexity index is 977. The Morgan fingerprint density at radius 1 is 1.06 bits per heavy atom. The van der Waals surface area contributed by atoms with Crippen molar-refractivity contribution in [3.05, 3.63) is 64.4 Å².